The van der Waals surface area contributed by atoms with Gasteiger partial charge in [-0.25, -0.2) is 0 Å². The van der Waals surface area contributed by atoms with E-state index in [9.17, 15) is 19.2 Å². The molecule has 9 rings (SSSR count). The second-order valence-electron chi connectivity index (χ2n) is 11.7. The lowest BCUT2D eigenvalue weighted by Crippen LogP contribution is -2.40. The SMILES string of the molecule is O=C1c2ccc3c4c(Cl)cc5c6c(ccc(c7c(Cl)cc(c2c37)C(=O)N1Cc1ccccc1)c64)C(=O)N(Cc1ccccc1)C5=O. The topological polar surface area (TPSA) is 74.8 Å². The first-order valence-electron chi connectivity index (χ1n) is 14.7. The van der Waals surface area contributed by atoms with Gasteiger partial charge in [0, 0.05) is 53.5 Å². The molecule has 0 saturated carbocycles. The number of nitrogens with zero attached hydrogens (tertiary/aromatic N) is 2. The Labute approximate surface area is 271 Å². The van der Waals surface area contributed by atoms with E-state index >= 15 is 0 Å². The Morgan fingerprint density at radius 2 is 0.783 bits per heavy atom. The van der Waals surface area contributed by atoms with E-state index in [0.29, 0.717) is 75.4 Å². The van der Waals surface area contributed by atoms with Gasteiger partial charge in [0.25, 0.3) is 23.6 Å². The molecule has 0 atom stereocenters. The van der Waals surface area contributed by atoms with Gasteiger partial charge < -0.3 is 0 Å². The van der Waals surface area contributed by atoms with Gasteiger partial charge >= 0.3 is 0 Å². The zero-order valence-electron chi connectivity index (χ0n) is 23.9. The zero-order chi connectivity index (χ0) is 31.4. The molecule has 4 amide bonds. The minimum atomic E-state index is -0.427. The molecule has 220 valence electrons. The van der Waals surface area contributed by atoms with Crippen LogP contribution in [0.4, 0.5) is 0 Å². The number of benzene rings is 7. The fourth-order valence-electron chi connectivity index (χ4n) is 7.29. The molecule has 7 aromatic carbocycles. The fraction of sp³-hybridized carbons (Fsp3) is 0.0526. The van der Waals surface area contributed by atoms with Crippen LogP contribution in [0.5, 0.6) is 0 Å². The van der Waals surface area contributed by atoms with Gasteiger partial charge in [0.1, 0.15) is 0 Å². The number of halogens is 2. The fourth-order valence-corrected chi connectivity index (χ4v) is 7.90. The van der Waals surface area contributed by atoms with Gasteiger partial charge in [-0.15, -0.1) is 0 Å². The number of amides is 4. The maximum Gasteiger partial charge on any atom is 0.261 e. The van der Waals surface area contributed by atoms with Crippen molar-refractivity contribution in [2.24, 2.45) is 0 Å². The van der Waals surface area contributed by atoms with Crippen molar-refractivity contribution in [3.63, 3.8) is 0 Å². The number of rotatable bonds is 4. The van der Waals surface area contributed by atoms with Crippen molar-refractivity contribution < 1.29 is 19.2 Å². The molecule has 0 aliphatic carbocycles. The highest BCUT2D eigenvalue weighted by Crippen LogP contribution is 2.50. The smallest absolute Gasteiger partial charge is 0.261 e. The first-order chi connectivity index (χ1) is 22.3. The summed E-state index contributed by atoms with van der Waals surface area (Å²) in [6, 6.07) is 29.0. The molecule has 6 nitrogen and oxygen atoms in total. The van der Waals surface area contributed by atoms with Gasteiger partial charge in [0.15, 0.2) is 0 Å². The summed E-state index contributed by atoms with van der Waals surface area (Å²) in [7, 11) is 0. The maximum atomic E-state index is 13.9. The summed E-state index contributed by atoms with van der Waals surface area (Å²) in [4.78, 5) is 58.1. The van der Waals surface area contributed by atoms with Crippen molar-refractivity contribution in [1.82, 2.24) is 9.80 Å². The summed E-state index contributed by atoms with van der Waals surface area (Å²) < 4.78 is 0. The maximum absolute atomic E-state index is 13.9. The third kappa shape index (κ3) is 3.54. The predicted molar refractivity (Wildman–Crippen MR) is 179 cm³/mol. The Kier molecular flexibility index (Phi) is 5.64. The highest BCUT2D eigenvalue weighted by atomic mass is 35.5. The van der Waals surface area contributed by atoms with Crippen molar-refractivity contribution in [3.05, 3.63) is 140 Å². The summed E-state index contributed by atoms with van der Waals surface area (Å²) in [6.45, 7) is 0.257. The first-order valence-corrected chi connectivity index (χ1v) is 15.5. The minimum absolute atomic E-state index is 0.128. The molecule has 0 saturated heterocycles. The molecule has 0 fully saturated rings. The molecule has 8 heteroatoms. The molecule has 2 aliphatic heterocycles. The Balaban J connectivity index is 1.31. The molecule has 0 radical (unpaired) electrons. The first kappa shape index (κ1) is 27.0. The predicted octanol–water partition coefficient (Wildman–Crippen LogP) is 8.64. The van der Waals surface area contributed by atoms with Crippen LogP contribution in [-0.2, 0) is 13.1 Å². The summed E-state index contributed by atoms with van der Waals surface area (Å²) >= 11 is 14.1. The lowest BCUT2D eigenvalue weighted by molar-refractivity contribution is 0.0583. The van der Waals surface area contributed by atoms with E-state index < -0.39 is 23.6 Å². The van der Waals surface area contributed by atoms with E-state index in [1.807, 2.05) is 72.8 Å². The molecule has 0 N–H and O–H groups in total. The van der Waals surface area contributed by atoms with Crippen molar-refractivity contribution in [3.8, 4) is 0 Å². The summed E-state index contributed by atoms with van der Waals surface area (Å²) in [5.74, 6) is -1.64. The zero-order valence-corrected chi connectivity index (χ0v) is 25.4. The standard InChI is InChI=1S/C38H20Cl2N2O4/c39-27-15-25-29-23(35(43)41(37(25)45)17-19-7-3-1-4-8-19)13-11-21-32-28(40)16-26-30-24(14-12-22(34(30)32)31(27)33(21)29)36(44)42(38(26)46)18-20-9-5-2-6-10-20/h1-16H,17-18H2. The third-order valence-corrected chi connectivity index (χ3v) is 9.87. The van der Waals surface area contributed by atoms with Crippen molar-refractivity contribution >= 4 is 89.9 Å². The van der Waals surface area contributed by atoms with E-state index in [2.05, 4.69) is 0 Å². The summed E-state index contributed by atoms with van der Waals surface area (Å²) in [5, 5.41) is 5.62. The number of imide groups is 2. The van der Waals surface area contributed by atoms with Gasteiger partial charge in [-0.2, -0.15) is 0 Å². The van der Waals surface area contributed by atoms with E-state index in [4.69, 9.17) is 23.2 Å². The highest BCUT2D eigenvalue weighted by molar-refractivity contribution is 6.50. The molecule has 0 bridgehead atoms. The highest BCUT2D eigenvalue weighted by Gasteiger charge is 2.38. The quantitative estimate of drug-likeness (QED) is 0.110. The third-order valence-electron chi connectivity index (χ3n) is 9.28. The number of hydrogen-bond acceptors (Lipinski definition) is 4. The molecule has 0 aromatic heterocycles. The van der Waals surface area contributed by atoms with Crippen LogP contribution in [0.25, 0.3) is 43.1 Å². The minimum Gasteiger partial charge on any atom is -0.270 e. The van der Waals surface area contributed by atoms with Gasteiger partial charge in [0.05, 0.1) is 24.2 Å². The normalized spacial score (nSPS) is 14.6. The van der Waals surface area contributed by atoms with E-state index in [0.717, 1.165) is 11.1 Å². The lowest BCUT2D eigenvalue weighted by Gasteiger charge is -2.30. The van der Waals surface area contributed by atoms with Gasteiger partial charge in [-0.05, 0) is 46.2 Å². The lowest BCUT2D eigenvalue weighted by atomic mass is 9.82. The average Bonchev–Trinajstić information content (AvgIpc) is 3.07. The van der Waals surface area contributed by atoms with Crippen molar-refractivity contribution in [2.75, 3.05) is 0 Å². The molecular weight excluding hydrogens is 619 g/mol. The molecule has 7 aromatic rings. The monoisotopic (exact) mass is 638 g/mol. The van der Waals surface area contributed by atoms with E-state index in [-0.39, 0.29) is 13.1 Å². The van der Waals surface area contributed by atoms with E-state index in [1.165, 1.54) is 9.80 Å². The molecule has 46 heavy (non-hydrogen) atoms. The molecule has 2 heterocycles. The van der Waals surface area contributed by atoms with Crippen LogP contribution < -0.4 is 0 Å². The van der Waals surface area contributed by atoms with Gasteiger partial charge in [-0.3, -0.25) is 29.0 Å². The second-order valence-corrected chi connectivity index (χ2v) is 12.6. The van der Waals surface area contributed by atoms with Crippen LogP contribution in [0.3, 0.4) is 0 Å². The summed E-state index contributed by atoms with van der Waals surface area (Å²) in [5.41, 5.74) is 3.13. The Bertz CT molecular complexity index is 2350. The number of hydrogen-bond donors (Lipinski definition) is 0. The van der Waals surface area contributed by atoms with E-state index in [1.54, 1.807) is 24.3 Å². The van der Waals surface area contributed by atoms with Gasteiger partial charge in [0.2, 0.25) is 0 Å². The second kappa shape index (κ2) is 9.60. The number of carbonyl (C=O) groups excluding carboxylic acids is 4. The molecule has 0 spiro atoms. The Hall–Kier alpha value is -5.30. The number of carbonyl (C=O) groups is 4. The van der Waals surface area contributed by atoms with Crippen molar-refractivity contribution in [1.29, 1.82) is 0 Å². The Morgan fingerprint density at radius 3 is 1.17 bits per heavy atom. The van der Waals surface area contributed by atoms with Crippen LogP contribution in [0, 0.1) is 0 Å². The molecule has 0 unspecified atom stereocenters. The number of fused-ring (bicyclic) bond motifs is 2. The molecular formula is C38H20Cl2N2O4. The molecule has 2 aliphatic rings. The van der Waals surface area contributed by atoms with Crippen LogP contribution in [0.2, 0.25) is 10.0 Å². The van der Waals surface area contributed by atoms with Crippen LogP contribution in [-0.4, -0.2) is 33.4 Å². The van der Waals surface area contributed by atoms with Crippen LogP contribution in [0.15, 0.2) is 97.1 Å². The van der Waals surface area contributed by atoms with Crippen molar-refractivity contribution in [2.45, 2.75) is 13.1 Å². The Morgan fingerprint density at radius 1 is 0.413 bits per heavy atom. The largest absolute Gasteiger partial charge is 0.270 e. The van der Waals surface area contributed by atoms with Gasteiger partial charge in [-0.1, -0.05) is 96.0 Å². The van der Waals surface area contributed by atoms with Crippen LogP contribution in [0.1, 0.15) is 52.6 Å². The average molecular weight is 639 g/mol. The van der Waals surface area contributed by atoms with Crippen LogP contribution >= 0.6 is 23.2 Å². The summed E-state index contributed by atoms with van der Waals surface area (Å²) in [6.07, 6.45) is 0.